The molecule has 0 amide bonds. The van der Waals surface area contributed by atoms with Gasteiger partial charge in [0, 0.05) is 15.1 Å². The van der Waals surface area contributed by atoms with Crippen molar-refractivity contribution in [3.8, 4) is 6.07 Å². The van der Waals surface area contributed by atoms with E-state index in [1.54, 1.807) is 11.8 Å². The predicted molar refractivity (Wildman–Crippen MR) is 69.0 cm³/mol. The highest BCUT2D eigenvalue weighted by Crippen LogP contribution is 2.27. The van der Waals surface area contributed by atoms with Gasteiger partial charge >= 0.3 is 0 Å². The number of halogens is 1. The highest BCUT2D eigenvalue weighted by atomic mass is 79.9. The number of nitriles is 1. The molecule has 1 nitrogen and oxygen atoms in total. The third-order valence-corrected chi connectivity index (χ3v) is 4.18. The Bertz CT molecular complexity index is 370. The lowest BCUT2D eigenvalue weighted by atomic mass is 10.2. The Morgan fingerprint density at radius 3 is 2.87 bits per heavy atom. The average molecular weight is 284 g/mol. The first-order valence-electron chi connectivity index (χ1n) is 4.99. The summed E-state index contributed by atoms with van der Waals surface area (Å²) in [5, 5.41) is 8.98. The van der Waals surface area contributed by atoms with E-state index < -0.39 is 0 Å². The molecule has 0 radical (unpaired) electrons. The maximum Gasteiger partial charge on any atom is 0.100 e. The van der Waals surface area contributed by atoms with Crippen molar-refractivity contribution in [3.05, 3.63) is 28.2 Å². The van der Waals surface area contributed by atoms with E-state index in [0.29, 0.717) is 5.92 Å². The molecule has 1 aromatic carbocycles. The minimum atomic E-state index is 0.699. The number of rotatable bonds is 4. The second-order valence-electron chi connectivity index (χ2n) is 3.58. The molecule has 0 aliphatic rings. The summed E-state index contributed by atoms with van der Waals surface area (Å²) >= 11 is 5.14. The van der Waals surface area contributed by atoms with Gasteiger partial charge in [0.05, 0.1) is 5.56 Å². The third-order valence-electron chi connectivity index (χ3n) is 2.28. The van der Waals surface area contributed by atoms with Crippen molar-refractivity contribution in [2.45, 2.75) is 25.2 Å². The zero-order valence-corrected chi connectivity index (χ0v) is 11.4. The van der Waals surface area contributed by atoms with Gasteiger partial charge in [-0.25, -0.2) is 0 Å². The third kappa shape index (κ3) is 3.89. The van der Waals surface area contributed by atoms with E-state index in [9.17, 15) is 0 Å². The van der Waals surface area contributed by atoms with E-state index in [-0.39, 0.29) is 0 Å². The average Bonchev–Trinajstić information content (AvgIpc) is 2.26. The number of benzene rings is 1. The lowest BCUT2D eigenvalue weighted by Crippen LogP contribution is -1.95. The number of nitrogens with zero attached hydrogens (tertiary/aromatic N) is 1. The monoisotopic (exact) mass is 283 g/mol. The first-order chi connectivity index (χ1) is 7.17. The van der Waals surface area contributed by atoms with Crippen LogP contribution in [0.1, 0.15) is 25.8 Å². The minimum absolute atomic E-state index is 0.699. The van der Waals surface area contributed by atoms with Crippen LogP contribution in [0.5, 0.6) is 0 Å². The summed E-state index contributed by atoms with van der Waals surface area (Å²) in [5.74, 6) is 1.78. The van der Waals surface area contributed by atoms with Crippen LogP contribution in [0.2, 0.25) is 0 Å². The zero-order valence-electron chi connectivity index (χ0n) is 8.96. The lowest BCUT2D eigenvalue weighted by Gasteiger charge is -2.08. The van der Waals surface area contributed by atoms with Gasteiger partial charge in [-0.15, -0.1) is 11.8 Å². The summed E-state index contributed by atoms with van der Waals surface area (Å²) in [6.07, 6.45) is 1.19. The summed E-state index contributed by atoms with van der Waals surface area (Å²) in [4.78, 5) is 1.08. The Hall–Kier alpha value is -0.460. The molecule has 1 unspecified atom stereocenters. The first-order valence-corrected chi connectivity index (χ1v) is 6.77. The number of hydrogen-bond acceptors (Lipinski definition) is 2. The van der Waals surface area contributed by atoms with Gasteiger partial charge in [-0.1, -0.05) is 36.2 Å². The van der Waals surface area contributed by atoms with Gasteiger partial charge in [0.1, 0.15) is 6.07 Å². The molecule has 0 N–H and O–H groups in total. The van der Waals surface area contributed by atoms with Gasteiger partial charge in [0.15, 0.2) is 0 Å². The van der Waals surface area contributed by atoms with Crippen molar-refractivity contribution in [1.29, 1.82) is 5.26 Å². The Balaban J connectivity index is 2.73. The molecule has 80 valence electrons. The van der Waals surface area contributed by atoms with E-state index in [1.807, 2.05) is 18.2 Å². The van der Waals surface area contributed by atoms with Crippen LogP contribution in [-0.4, -0.2) is 5.75 Å². The highest BCUT2D eigenvalue weighted by molar-refractivity contribution is 9.10. The smallest absolute Gasteiger partial charge is 0.100 e. The Labute approximate surface area is 104 Å². The predicted octanol–water partition coefficient (Wildman–Crippen LogP) is 4.46. The molecule has 0 heterocycles. The summed E-state index contributed by atoms with van der Waals surface area (Å²) in [6, 6.07) is 8.10. The SMILES string of the molecule is CCC(C)CSc1ccc(Br)cc1C#N. The molecule has 1 atom stereocenters. The molecule has 3 heteroatoms. The zero-order chi connectivity index (χ0) is 11.3. The molecular formula is C12H14BrNS. The van der Waals surface area contributed by atoms with Crippen molar-refractivity contribution in [3.63, 3.8) is 0 Å². The Kier molecular flexibility index (Phi) is 5.21. The van der Waals surface area contributed by atoms with Crippen molar-refractivity contribution < 1.29 is 0 Å². The van der Waals surface area contributed by atoms with Gasteiger partial charge in [-0.05, 0) is 24.1 Å². The lowest BCUT2D eigenvalue weighted by molar-refractivity contribution is 0.637. The number of thioether (sulfide) groups is 1. The molecular weight excluding hydrogens is 270 g/mol. The van der Waals surface area contributed by atoms with Gasteiger partial charge in [0.25, 0.3) is 0 Å². The molecule has 0 aromatic heterocycles. The van der Waals surface area contributed by atoms with E-state index in [2.05, 4.69) is 35.8 Å². The van der Waals surface area contributed by atoms with E-state index in [0.717, 1.165) is 20.7 Å². The fraction of sp³-hybridized carbons (Fsp3) is 0.417. The molecule has 0 aliphatic carbocycles. The van der Waals surface area contributed by atoms with Gasteiger partial charge in [-0.3, -0.25) is 0 Å². The molecule has 1 aromatic rings. The minimum Gasteiger partial charge on any atom is -0.192 e. The van der Waals surface area contributed by atoms with E-state index in [4.69, 9.17) is 5.26 Å². The van der Waals surface area contributed by atoms with Crippen LogP contribution >= 0.6 is 27.7 Å². The van der Waals surface area contributed by atoms with Crippen LogP contribution in [0.4, 0.5) is 0 Å². The second kappa shape index (κ2) is 6.19. The Morgan fingerprint density at radius 1 is 1.53 bits per heavy atom. The summed E-state index contributed by atoms with van der Waals surface area (Å²) in [6.45, 7) is 4.43. The summed E-state index contributed by atoms with van der Waals surface area (Å²) in [5.41, 5.74) is 0.762. The molecule has 0 spiro atoms. The second-order valence-corrected chi connectivity index (χ2v) is 5.55. The van der Waals surface area contributed by atoms with Crippen LogP contribution in [-0.2, 0) is 0 Å². The van der Waals surface area contributed by atoms with Crippen molar-refractivity contribution in [2.75, 3.05) is 5.75 Å². The van der Waals surface area contributed by atoms with E-state index >= 15 is 0 Å². The molecule has 0 bridgehead atoms. The standard InChI is InChI=1S/C12H14BrNS/c1-3-9(2)8-15-12-5-4-11(13)6-10(12)7-14/h4-6,9H,3,8H2,1-2H3. The topological polar surface area (TPSA) is 23.8 Å². The van der Waals surface area contributed by atoms with Gasteiger partial charge < -0.3 is 0 Å². The van der Waals surface area contributed by atoms with Crippen molar-refractivity contribution in [1.82, 2.24) is 0 Å². The largest absolute Gasteiger partial charge is 0.192 e. The maximum atomic E-state index is 8.98. The van der Waals surface area contributed by atoms with Crippen LogP contribution in [0.25, 0.3) is 0 Å². The van der Waals surface area contributed by atoms with Gasteiger partial charge in [0.2, 0.25) is 0 Å². The molecule has 1 rings (SSSR count). The van der Waals surface area contributed by atoms with Crippen LogP contribution in [0.3, 0.4) is 0 Å². The van der Waals surface area contributed by atoms with Crippen molar-refractivity contribution in [2.24, 2.45) is 5.92 Å². The maximum absolute atomic E-state index is 8.98. The fourth-order valence-electron chi connectivity index (χ4n) is 1.07. The first kappa shape index (κ1) is 12.6. The normalized spacial score (nSPS) is 12.1. The van der Waals surface area contributed by atoms with Crippen LogP contribution in [0.15, 0.2) is 27.6 Å². The van der Waals surface area contributed by atoms with Crippen molar-refractivity contribution >= 4 is 27.7 Å². The molecule has 0 aliphatic heterocycles. The quantitative estimate of drug-likeness (QED) is 0.762. The molecule has 0 saturated carbocycles. The highest BCUT2D eigenvalue weighted by Gasteiger charge is 2.05. The summed E-state index contributed by atoms with van der Waals surface area (Å²) in [7, 11) is 0. The molecule has 15 heavy (non-hydrogen) atoms. The molecule has 0 fully saturated rings. The van der Waals surface area contributed by atoms with Crippen LogP contribution < -0.4 is 0 Å². The molecule has 0 saturated heterocycles. The number of hydrogen-bond donors (Lipinski definition) is 0. The fourth-order valence-corrected chi connectivity index (χ4v) is 2.55. The Morgan fingerprint density at radius 2 is 2.27 bits per heavy atom. The van der Waals surface area contributed by atoms with Gasteiger partial charge in [-0.2, -0.15) is 5.26 Å². The van der Waals surface area contributed by atoms with E-state index in [1.165, 1.54) is 6.42 Å². The van der Waals surface area contributed by atoms with Crippen LogP contribution in [0, 0.1) is 17.2 Å². The summed E-state index contributed by atoms with van der Waals surface area (Å²) < 4.78 is 0.965.